The zero-order valence-electron chi connectivity index (χ0n) is 14.1. The Bertz CT molecular complexity index is 334. The van der Waals surface area contributed by atoms with Crippen molar-refractivity contribution >= 4 is 33.3 Å². The molecule has 0 fully saturated rings. The number of hydrogen-bond donors (Lipinski definition) is 0. The van der Waals surface area contributed by atoms with Crippen LogP contribution < -0.4 is 0 Å². The lowest BCUT2D eigenvalue weighted by molar-refractivity contribution is -0.130. The Morgan fingerprint density at radius 1 is 0.864 bits per heavy atom. The smallest absolute Gasteiger partial charge is 0.508 e. The summed E-state index contributed by atoms with van der Waals surface area (Å²) >= 11 is 0. The van der Waals surface area contributed by atoms with E-state index in [-0.39, 0.29) is 5.57 Å². The molecule has 0 aromatic heterocycles. The number of carbonyl (C=O) groups excluding carboxylic acids is 1. The summed E-state index contributed by atoms with van der Waals surface area (Å²) in [6, 6.07) is 0. The maximum absolute atomic E-state index is 11.7. The van der Waals surface area contributed by atoms with Gasteiger partial charge in [0.05, 0.1) is 0 Å². The summed E-state index contributed by atoms with van der Waals surface area (Å²) in [7, 11) is 1.83. The minimum atomic E-state index is -3.25. The van der Waals surface area contributed by atoms with Crippen molar-refractivity contribution < 1.29 is 35.8 Å². The third-order valence-corrected chi connectivity index (χ3v) is 13.3. The Balaban J connectivity index is 5.65. The highest BCUT2D eigenvalue weighted by Crippen LogP contribution is 2.34. The van der Waals surface area contributed by atoms with E-state index >= 15 is 0 Å². The van der Waals surface area contributed by atoms with Gasteiger partial charge in [-0.3, -0.25) is 0 Å². The molecule has 0 spiro atoms. The maximum Gasteiger partial charge on any atom is 0.508 e. The molecule has 0 aromatic rings. The van der Waals surface area contributed by atoms with Crippen molar-refractivity contribution in [2.45, 2.75) is 11.7 Å². The highest BCUT2D eigenvalue weighted by atomic mass is 28.5. The second-order valence-electron chi connectivity index (χ2n) is 4.15. The summed E-state index contributed by atoms with van der Waals surface area (Å²) in [5, 5.41) is 0. The predicted octanol–water partition coefficient (Wildman–Crippen LogP) is 0.348. The van der Waals surface area contributed by atoms with Crippen LogP contribution in [0.5, 0.6) is 0 Å². The lowest BCUT2D eigenvalue weighted by Gasteiger charge is -2.38. The van der Waals surface area contributed by atoms with Crippen LogP contribution in [0.15, 0.2) is 12.2 Å². The largest absolute Gasteiger partial charge is 0.513 e. The topological polar surface area (TPSA) is 81.7 Å². The van der Waals surface area contributed by atoms with Gasteiger partial charge in [0.15, 0.2) is 0 Å². The first kappa shape index (κ1) is 21.6. The molecule has 0 amide bonds. The van der Waals surface area contributed by atoms with Gasteiger partial charge in [-0.15, -0.1) is 0 Å². The molecule has 11 heteroatoms. The van der Waals surface area contributed by atoms with E-state index in [1.807, 2.05) is 0 Å². The predicted molar refractivity (Wildman–Crippen MR) is 84.0 cm³/mol. The summed E-state index contributed by atoms with van der Waals surface area (Å²) < 4.78 is 38.2. The number of hydrogen-bond acceptors (Lipinski definition) is 8. The standard InChI is InChI=1S/C11H24O8Si3/c1-9(2)10(12)19-20-11(21(13-3,14-4)15-5)22(16-6,17-7)18-8/h11H,1H2,2-8H3. The van der Waals surface area contributed by atoms with Gasteiger partial charge in [0, 0.05) is 48.2 Å². The van der Waals surface area contributed by atoms with Gasteiger partial charge in [-0.25, -0.2) is 4.79 Å². The molecule has 0 saturated heterocycles. The monoisotopic (exact) mass is 368 g/mol. The summed E-state index contributed by atoms with van der Waals surface area (Å²) in [6.45, 7) is 5.10. The lowest BCUT2D eigenvalue weighted by atomic mass is 10.4. The summed E-state index contributed by atoms with van der Waals surface area (Å²) in [5.74, 6) is -0.527. The molecule has 22 heavy (non-hydrogen) atoms. The van der Waals surface area contributed by atoms with E-state index in [9.17, 15) is 4.79 Å². The van der Waals surface area contributed by atoms with Crippen molar-refractivity contribution in [3.05, 3.63) is 12.2 Å². The Morgan fingerprint density at radius 2 is 1.18 bits per heavy atom. The third kappa shape index (κ3) is 4.56. The lowest BCUT2D eigenvalue weighted by Crippen LogP contribution is -2.64. The minimum absolute atomic E-state index is 0.283. The second kappa shape index (κ2) is 9.69. The van der Waals surface area contributed by atoms with Crippen LogP contribution in [0.2, 0.25) is 4.79 Å². The first-order valence-electron chi connectivity index (χ1n) is 6.26. The van der Waals surface area contributed by atoms with Gasteiger partial charge in [0.1, 0.15) is 4.79 Å². The first-order chi connectivity index (χ1) is 10.3. The molecule has 8 nitrogen and oxygen atoms in total. The van der Waals surface area contributed by atoms with Gasteiger partial charge >= 0.3 is 33.3 Å². The van der Waals surface area contributed by atoms with E-state index in [0.717, 1.165) is 0 Å². The van der Waals surface area contributed by atoms with Crippen LogP contribution in [0, 0.1) is 0 Å². The van der Waals surface area contributed by atoms with Crippen LogP contribution >= 0.6 is 0 Å². The van der Waals surface area contributed by atoms with Crippen molar-refractivity contribution in [2.75, 3.05) is 42.7 Å². The van der Waals surface area contributed by atoms with Crippen molar-refractivity contribution in [3.8, 4) is 0 Å². The summed E-state index contributed by atoms with van der Waals surface area (Å²) in [4.78, 5) is 11.1. The molecule has 128 valence electrons. The molecular formula is C11H24O8Si3. The fraction of sp³-hybridized carbons (Fsp3) is 0.727. The molecule has 0 N–H and O–H groups in total. The van der Waals surface area contributed by atoms with E-state index in [1.165, 1.54) is 42.7 Å². The van der Waals surface area contributed by atoms with E-state index in [4.69, 9.17) is 31.0 Å². The van der Waals surface area contributed by atoms with Gasteiger partial charge in [0.2, 0.25) is 0 Å². The first-order valence-corrected chi connectivity index (χ1v) is 10.8. The van der Waals surface area contributed by atoms with Crippen molar-refractivity contribution in [3.63, 3.8) is 0 Å². The Kier molecular flexibility index (Phi) is 9.52. The van der Waals surface area contributed by atoms with Crippen LogP contribution in [0.4, 0.5) is 0 Å². The molecule has 2 radical (unpaired) electrons. The number of rotatable bonds is 11. The maximum atomic E-state index is 11.7. The van der Waals surface area contributed by atoms with E-state index in [1.54, 1.807) is 6.92 Å². The molecule has 0 aliphatic carbocycles. The summed E-state index contributed by atoms with van der Waals surface area (Å²) in [5.41, 5.74) is 0.283. The molecule has 0 saturated carbocycles. The zero-order chi connectivity index (χ0) is 17.4. The van der Waals surface area contributed by atoms with Crippen LogP contribution in [-0.4, -0.2) is 76.0 Å². The van der Waals surface area contributed by atoms with Gasteiger partial charge in [0.25, 0.3) is 0 Å². The van der Waals surface area contributed by atoms with Crippen molar-refractivity contribution in [1.29, 1.82) is 0 Å². The van der Waals surface area contributed by atoms with Crippen LogP contribution in [0.3, 0.4) is 0 Å². The van der Waals surface area contributed by atoms with Gasteiger partial charge in [-0.2, -0.15) is 0 Å². The quantitative estimate of drug-likeness (QED) is 0.382. The molecule has 0 unspecified atom stereocenters. The highest BCUT2D eigenvalue weighted by molar-refractivity contribution is 6.92. The normalized spacial score (nSPS) is 12.5. The van der Waals surface area contributed by atoms with Crippen LogP contribution in [-0.2, 0) is 35.8 Å². The van der Waals surface area contributed by atoms with Gasteiger partial charge in [-0.1, -0.05) is 6.58 Å². The van der Waals surface area contributed by atoms with E-state index < -0.39 is 38.1 Å². The SMILES string of the molecule is C=C(C)C(=O)O[Si]C([Si](OC)(OC)OC)[Si](OC)(OC)OC. The Labute approximate surface area is 136 Å². The fourth-order valence-electron chi connectivity index (χ4n) is 1.77. The molecule has 0 atom stereocenters. The van der Waals surface area contributed by atoms with Gasteiger partial charge in [-0.05, 0) is 6.92 Å². The van der Waals surface area contributed by atoms with Crippen molar-refractivity contribution in [1.82, 2.24) is 0 Å². The molecule has 0 heterocycles. The molecule has 0 rings (SSSR count). The number of carbonyl (C=O) groups is 1. The molecule has 0 aliphatic heterocycles. The second-order valence-corrected chi connectivity index (χ2v) is 12.9. The zero-order valence-corrected chi connectivity index (χ0v) is 17.1. The molecule has 0 aromatic carbocycles. The average molecular weight is 369 g/mol. The third-order valence-electron chi connectivity index (χ3n) is 3.03. The van der Waals surface area contributed by atoms with E-state index in [2.05, 4.69) is 6.58 Å². The fourth-order valence-corrected chi connectivity index (χ4v) is 12.1. The van der Waals surface area contributed by atoms with Gasteiger partial charge < -0.3 is 31.0 Å². The Hall–Kier alpha value is -0.379. The molecular weight excluding hydrogens is 344 g/mol. The van der Waals surface area contributed by atoms with Crippen LogP contribution in [0.25, 0.3) is 0 Å². The van der Waals surface area contributed by atoms with Crippen molar-refractivity contribution in [2.24, 2.45) is 0 Å². The molecule has 0 aliphatic rings. The van der Waals surface area contributed by atoms with E-state index in [0.29, 0.717) is 0 Å². The highest BCUT2D eigenvalue weighted by Gasteiger charge is 2.65. The molecule has 0 bridgehead atoms. The minimum Gasteiger partial charge on any atom is -0.513 e. The Morgan fingerprint density at radius 3 is 1.41 bits per heavy atom. The average Bonchev–Trinajstić information content (AvgIpc) is 2.55. The van der Waals surface area contributed by atoms with Crippen LogP contribution in [0.1, 0.15) is 6.92 Å². The summed E-state index contributed by atoms with van der Waals surface area (Å²) in [6.07, 6.45) is 0.